The number of furan rings is 1. The second-order valence-corrected chi connectivity index (χ2v) is 8.32. The van der Waals surface area contributed by atoms with Gasteiger partial charge >= 0.3 is 0 Å². The Morgan fingerprint density at radius 3 is 2.39 bits per heavy atom. The van der Waals surface area contributed by atoms with Gasteiger partial charge in [-0.25, -0.2) is 0 Å². The smallest absolute Gasteiger partial charge is 0.300 e. The zero-order valence-corrected chi connectivity index (χ0v) is 19.4. The Morgan fingerprint density at radius 2 is 1.76 bits per heavy atom. The van der Waals surface area contributed by atoms with Crippen LogP contribution in [0.2, 0.25) is 0 Å². The van der Waals surface area contributed by atoms with Gasteiger partial charge in [0, 0.05) is 11.3 Å². The second-order valence-electron chi connectivity index (χ2n) is 8.32. The molecule has 1 unspecified atom stereocenters. The number of ether oxygens (including phenoxy) is 1. The highest BCUT2D eigenvalue weighted by molar-refractivity contribution is 6.51. The lowest BCUT2D eigenvalue weighted by Gasteiger charge is -2.25. The summed E-state index contributed by atoms with van der Waals surface area (Å²) in [7, 11) is 0. The maximum absolute atomic E-state index is 13.3. The van der Waals surface area contributed by atoms with Crippen molar-refractivity contribution >= 4 is 23.1 Å². The van der Waals surface area contributed by atoms with E-state index in [1.165, 1.54) is 4.90 Å². The Labute approximate surface area is 193 Å². The van der Waals surface area contributed by atoms with Crippen molar-refractivity contribution < 1.29 is 23.8 Å². The molecule has 1 aliphatic heterocycles. The summed E-state index contributed by atoms with van der Waals surface area (Å²) in [5.74, 6) is 0.0608. The van der Waals surface area contributed by atoms with Crippen LogP contribution in [-0.2, 0) is 9.59 Å². The van der Waals surface area contributed by atoms with Crippen molar-refractivity contribution in [2.45, 2.75) is 40.7 Å². The third-order valence-corrected chi connectivity index (χ3v) is 5.85. The minimum atomic E-state index is -0.883. The number of rotatable bonds is 5. The number of anilines is 1. The minimum Gasteiger partial charge on any atom is -0.507 e. The SMILES string of the molecule is CCOc1ccc(/C(O)=C2/C(=O)C(=O)N(c3cc(C)ccc3C)C2c2ccc(C)o2)cc1C. The first-order valence-corrected chi connectivity index (χ1v) is 10.9. The van der Waals surface area contributed by atoms with E-state index < -0.39 is 17.7 Å². The summed E-state index contributed by atoms with van der Waals surface area (Å²) in [6.07, 6.45) is 0. The van der Waals surface area contributed by atoms with Gasteiger partial charge in [-0.15, -0.1) is 0 Å². The first-order valence-electron chi connectivity index (χ1n) is 10.9. The average Bonchev–Trinajstić information content (AvgIpc) is 3.32. The molecule has 6 nitrogen and oxygen atoms in total. The molecule has 1 N–H and O–H groups in total. The first kappa shape index (κ1) is 22.4. The number of benzene rings is 2. The van der Waals surface area contributed by atoms with Crippen LogP contribution in [0.3, 0.4) is 0 Å². The molecule has 1 saturated heterocycles. The third kappa shape index (κ3) is 3.93. The number of amides is 1. The molecule has 3 aromatic rings. The predicted molar refractivity (Wildman–Crippen MR) is 126 cm³/mol. The summed E-state index contributed by atoms with van der Waals surface area (Å²) in [6.45, 7) is 9.88. The van der Waals surface area contributed by atoms with Gasteiger partial charge in [-0.1, -0.05) is 12.1 Å². The fraction of sp³-hybridized carbons (Fsp3) is 0.259. The molecule has 1 fully saturated rings. The van der Waals surface area contributed by atoms with E-state index in [0.29, 0.717) is 35.1 Å². The maximum atomic E-state index is 13.3. The summed E-state index contributed by atoms with van der Waals surface area (Å²) in [4.78, 5) is 28.0. The van der Waals surface area contributed by atoms with Crippen LogP contribution in [0.25, 0.3) is 5.76 Å². The molecule has 1 aromatic heterocycles. The number of hydrogen-bond donors (Lipinski definition) is 1. The largest absolute Gasteiger partial charge is 0.507 e. The molecule has 0 aliphatic carbocycles. The molecule has 1 aliphatic rings. The number of aliphatic hydroxyl groups excluding tert-OH is 1. The highest BCUT2D eigenvalue weighted by Gasteiger charge is 2.48. The molecule has 0 spiro atoms. The Balaban J connectivity index is 1.93. The number of carbonyl (C=O) groups is 2. The molecule has 6 heteroatoms. The van der Waals surface area contributed by atoms with Gasteiger partial charge in [-0.3, -0.25) is 14.5 Å². The van der Waals surface area contributed by atoms with Gasteiger partial charge in [0.05, 0.1) is 12.2 Å². The van der Waals surface area contributed by atoms with Crippen molar-refractivity contribution in [1.29, 1.82) is 0 Å². The Hall–Kier alpha value is -3.80. The zero-order valence-electron chi connectivity index (χ0n) is 19.4. The Kier molecular flexibility index (Phi) is 5.85. The van der Waals surface area contributed by atoms with Crippen LogP contribution in [-0.4, -0.2) is 23.4 Å². The van der Waals surface area contributed by atoms with Gasteiger partial charge in [0.1, 0.15) is 29.1 Å². The van der Waals surface area contributed by atoms with Crippen molar-refractivity contribution in [3.8, 4) is 5.75 Å². The quantitative estimate of drug-likeness (QED) is 0.317. The molecule has 0 bridgehead atoms. The predicted octanol–water partition coefficient (Wildman–Crippen LogP) is 5.54. The average molecular weight is 446 g/mol. The van der Waals surface area contributed by atoms with Crippen molar-refractivity contribution in [3.05, 3.63) is 87.9 Å². The van der Waals surface area contributed by atoms with E-state index in [-0.39, 0.29) is 11.3 Å². The lowest BCUT2D eigenvalue weighted by atomic mass is 9.98. The molecule has 0 saturated carbocycles. The molecule has 1 amide bonds. The van der Waals surface area contributed by atoms with E-state index in [9.17, 15) is 14.7 Å². The van der Waals surface area contributed by atoms with Crippen LogP contribution in [0.15, 0.2) is 58.5 Å². The lowest BCUT2D eigenvalue weighted by Crippen LogP contribution is -2.30. The number of Topliss-reactive ketones (excluding diaryl/α,β-unsaturated/α-hetero) is 1. The number of nitrogens with zero attached hydrogens (tertiary/aromatic N) is 1. The number of carbonyl (C=O) groups excluding carboxylic acids is 2. The Morgan fingerprint density at radius 1 is 1.00 bits per heavy atom. The topological polar surface area (TPSA) is 80.0 Å². The van der Waals surface area contributed by atoms with Crippen LogP contribution in [0.5, 0.6) is 5.75 Å². The van der Waals surface area contributed by atoms with Gasteiger partial charge in [0.15, 0.2) is 0 Å². The summed E-state index contributed by atoms with van der Waals surface area (Å²) >= 11 is 0. The highest BCUT2D eigenvalue weighted by atomic mass is 16.5. The third-order valence-electron chi connectivity index (χ3n) is 5.85. The Bertz CT molecular complexity index is 1280. The van der Waals surface area contributed by atoms with E-state index in [1.807, 2.05) is 45.9 Å². The van der Waals surface area contributed by atoms with E-state index >= 15 is 0 Å². The van der Waals surface area contributed by atoms with Gasteiger partial charge < -0.3 is 14.3 Å². The second kappa shape index (κ2) is 8.62. The van der Waals surface area contributed by atoms with Crippen LogP contribution in [0.1, 0.15) is 46.7 Å². The molecule has 170 valence electrons. The molecule has 2 heterocycles. The van der Waals surface area contributed by atoms with E-state index in [2.05, 4.69) is 0 Å². The van der Waals surface area contributed by atoms with Gasteiger partial charge in [0.2, 0.25) is 0 Å². The van der Waals surface area contributed by atoms with E-state index in [1.54, 1.807) is 37.3 Å². The van der Waals surface area contributed by atoms with Gasteiger partial charge in [-0.2, -0.15) is 0 Å². The van der Waals surface area contributed by atoms with E-state index in [0.717, 1.165) is 16.7 Å². The summed E-state index contributed by atoms with van der Waals surface area (Å²) in [5, 5.41) is 11.3. The number of hydrogen-bond acceptors (Lipinski definition) is 5. The zero-order chi connectivity index (χ0) is 23.9. The molecular weight excluding hydrogens is 418 g/mol. The molecule has 2 aromatic carbocycles. The van der Waals surface area contributed by atoms with Crippen molar-refractivity contribution in [2.75, 3.05) is 11.5 Å². The fourth-order valence-corrected chi connectivity index (χ4v) is 4.20. The monoisotopic (exact) mass is 445 g/mol. The van der Waals surface area contributed by atoms with Crippen LogP contribution < -0.4 is 9.64 Å². The number of ketones is 1. The first-order chi connectivity index (χ1) is 15.7. The normalized spacial score (nSPS) is 17.6. The van der Waals surface area contributed by atoms with Gasteiger partial charge in [-0.05, 0) is 87.7 Å². The molecule has 33 heavy (non-hydrogen) atoms. The maximum Gasteiger partial charge on any atom is 0.300 e. The fourth-order valence-electron chi connectivity index (χ4n) is 4.20. The summed E-state index contributed by atoms with van der Waals surface area (Å²) in [5.41, 5.74) is 3.65. The summed E-state index contributed by atoms with van der Waals surface area (Å²) in [6, 6.07) is 13.5. The molecule has 0 radical (unpaired) electrons. The minimum absolute atomic E-state index is 0.00110. The van der Waals surface area contributed by atoms with Crippen LogP contribution in [0, 0.1) is 27.7 Å². The summed E-state index contributed by atoms with van der Waals surface area (Å²) < 4.78 is 11.5. The van der Waals surface area contributed by atoms with Crippen molar-refractivity contribution in [2.24, 2.45) is 0 Å². The van der Waals surface area contributed by atoms with Crippen molar-refractivity contribution in [1.82, 2.24) is 0 Å². The number of aryl methyl sites for hydroxylation is 4. The number of aliphatic hydroxyl groups is 1. The van der Waals surface area contributed by atoms with E-state index in [4.69, 9.17) is 9.15 Å². The van der Waals surface area contributed by atoms with Crippen molar-refractivity contribution in [3.63, 3.8) is 0 Å². The highest BCUT2D eigenvalue weighted by Crippen LogP contribution is 2.44. The molecule has 4 rings (SSSR count). The molecule has 1 atom stereocenters. The van der Waals surface area contributed by atoms with Gasteiger partial charge in [0.25, 0.3) is 11.7 Å². The molecular formula is C27H27NO5. The van der Waals surface area contributed by atoms with Crippen LogP contribution in [0.4, 0.5) is 5.69 Å². The van der Waals surface area contributed by atoms with Crippen LogP contribution >= 0.6 is 0 Å². The lowest BCUT2D eigenvalue weighted by molar-refractivity contribution is -0.132. The standard InChI is InChI=1S/C27H27NO5/c1-6-32-21-12-10-19(14-17(21)4)25(29)23-24(22-11-9-18(5)33-22)28(27(31)26(23)30)20-13-15(2)7-8-16(20)3/h7-14,24,29H,6H2,1-5H3/b25-23-.